The van der Waals surface area contributed by atoms with Gasteiger partial charge in [0.15, 0.2) is 0 Å². The molecule has 0 spiro atoms. The van der Waals surface area contributed by atoms with Gasteiger partial charge in [0.2, 0.25) is 0 Å². The molecule has 0 aliphatic rings. The minimum atomic E-state index is -1.28. The van der Waals surface area contributed by atoms with Crippen molar-refractivity contribution < 1.29 is 18.7 Å². The number of benzene rings is 1. The monoisotopic (exact) mass is 194 g/mol. The first-order valence-corrected chi connectivity index (χ1v) is 4.01. The molecule has 72 valence electrons. The van der Waals surface area contributed by atoms with Crippen molar-refractivity contribution in [2.24, 2.45) is 0 Å². The van der Waals surface area contributed by atoms with Crippen LogP contribution in [0.25, 0.3) is 11.0 Å². The van der Waals surface area contributed by atoms with Crippen molar-refractivity contribution >= 4 is 16.9 Å². The normalized spacial score (nSPS) is 10.7. The summed E-state index contributed by atoms with van der Waals surface area (Å²) in [5.41, 5.74) is 0.0562. The molecule has 14 heavy (non-hydrogen) atoms. The molecule has 0 saturated heterocycles. The molecule has 0 saturated carbocycles. The highest BCUT2D eigenvalue weighted by Crippen LogP contribution is 2.24. The number of carboxylic acid groups (broad SMARTS) is 1. The second kappa shape index (κ2) is 2.83. The number of aryl methyl sites for hydroxylation is 1. The van der Waals surface area contributed by atoms with Gasteiger partial charge in [0.1, 0.15) is 22.7 Å². The van der Waals surface area contributed by atoms with E-state index in [-0.39, 0.29) is 5.56 Å². The van der Waals surface area contributed by atoms with Crippen LogP contribution in [0.3, 0.4) is 0 Å². The van der Waals surface area contributed by atoms with Crippen LogP contribution in [-0.2, 0) is 0 Å². The number of hydrogen-bond acceptors (Lipinski definition) is 2. The molecule has 0 unspecified atom stereocenters. The molecule has 0 atom stereocenters. The largest absolute Gasteiger partial charge is 0.478 e. The van der Waals surface area contributed by atoms with Gasteiger partial charge < -0.3 is 9.52 Å². The third-order valence-corrected chi connectivity index (χ3v) is 1.99. The van der Waals surface area contributed by atoms with Gasteiger partial charge in [0.25, 0.3) is 0 Å². The van der Waals surface area contributed by atoms with E-state index in [1.54, 1.807) is 6.92 Å². The van der Waals surface area contributed by atoms with Crippen molar-refractivity contribution in [3.63, 3.8) is 0 Å². The van der Waals surface area contributed by atoms with E-state index in [9.17, 15) is 9.18 Å². The maximum atomic E-state index is 13.2. The number of hydrogen-bond donors (Lipinski definition) is 1. The fourth-order valence-corrected chi connectivity index (χ4v) is 1.43. The number of fused-ring (bicyclic) bond motifs is 1. The molecule has 4 heteroatoms. The van der Waals surface area contributed by atoms with Crippen molar-refractivity contribution in [1.82, 2.24) is 0 Å². The lowest BCUT2D eigenvalue weighted by Gasteiger charge is -1.97. The fourth-order valence-electron chi connectivity index (χ4n) is 1.43. The van der Waals surface area contributed by atoms with E-state index in [0.29, 0.717) is 16.7 Å². The summed E-state index contributed by atoms with van der Waals surface area (Å²) in [5.74, 6) is -1.46. The van der Waals surface area contributed by atoms with Gasteiger partial charge >= 0.3 is 5.97 Å². The van der Waals surface area contributed by atoms with E-state index >= 15 is 0 Å². The number of aromatic carboxylic acids is 1. The summed E-state index contributed by atoms with van der Waals surface area (Å²) in [6.45, 7) is 1.68. The molecule has 0 aliphatic carbocycles. The maximum Gasteiger partial charge on any atom is 0.339 e. The molecule has 0 bridgehead atoms. The maximum absolute atomic E-state index is 13.2. The van der Waals surface area contributed by atoms with Crippen LogP contribution < -0.4 is 0 Å². The lowest BCUT2D eigenvalue weighted by atomic mass is 10.1. The van der Waals surface area contributed by atoms with Crippen LogP contribution in [0.1, 0.15) is 16.1 Å². The Labute approximate surface area is 78.8 Å². The zero-order valence-corrected chi connectivity index (χ0v) is 7.37. The van der Waals surface area contributed by atoms with E-state index < -0.39 is 11.8 Å². The van der Waals surface area contributed by atoms with Gasteiger partial charge in [-0.25, -0.2) is 9.18 Å². The fraction of sp³-hybridized carbons (Fsp3) is 0.100. The van der Waals surface area contributed by atoms with E-state index in [2.05, 4.69) is 0 Å². The third kappa shape index (κ3) is 1.16. The highest BCUT2D eigenvalue weighted by Gasteiger charge is 2.16. The lowest BCUT2D eigenvalue weighted by molar-refractivity contribution is 0.0694. The standard InChI is InChI=1S/C10H7FO3/c1-5-4-6-8(14-5)3-2-7(11)9(6)10(12)13/h2-4H,1H3,(H,12,13). The Balaban J connectivity index is 2.88. The number of carboxylic acids is 1. The summed E-state index contributed by atoms with van der Waals surface area (Å²) in [4.78, 5) is 10.8. The van der Waals surface area contributed by atoms with E-state index in [1.807, 2.05) is 0 Å². The van der Waals surface area contributed by atoms with E-state index in [1.165, 1.54) is 12.1 Å². The van der Waals surface area contributed by atoms with Gasteiger partial charge in [-0.05, 0) is 25.1 Å². The predicted molar refractivity (Wildman–Crippen MR) is 47.9 cm³/mol. The van der Waals surface area contributed by atoms with Crippen LogP contribution in [0, 0.1) is 12.7 Å². The van der Waals surface area contributed by atoms with Gasteiger partial charge in [-0.15, -0.1) is 0 Å². The molecule has 2 rings (SSSR count). The number of carbonyl (C=O) groups is 1. The molecule has 1 aromatic heterocycles. The number of furan rings is 1. The Kier molecular flexibility index (Phi) is 1.77. The first-order chi connectivity index (χ1) is 6.59. The summed E-state index contributed by atoms with van der Waals surface area (Å²) in [5, 5.41) is 9.09. The van der Waals surface area contributed by atoms with Crippen molar-refractivity contribution in [1.29, 1.82) is 0 Å². The molecule has 0 fully saturated rings. The number of rotatable bonds is 1. The first kappa shape index (κ1) is 8.74. The zero-order valence-electron chi connectivity index (χ0n) is 7.37. The summed E-state index contributed by atoms with van der Waals surface area (Å²) >= 11 is 0. The van der Waals surface area contributed by atoms with Crippen LogP contribution in [-0.4, -0.2) is 11.1 Å². The highest BCUT2D eigenvalue weighted by atomic mass is 19.1. The predicted octanol–water partition coefficient (Wildman–Crippen LogP) is 2.58. The van der Waals surface area contributed by atoms with Crippen LogP contribution in [0.15, 0.2) is 22.6 Å². The highest BCUT2D eigenvalue weighted by molar-refractivity contribution is 6.02. The third-order valence-electron chi connectivity index (χ3n) is 1.99. The molecule has 2 aromatic rings. The zero-order chi connectivity index (χ0) is 10.3. The Morgan fingerprint density at radius 2 is 2.21 bits per heavy atom. The molecule has 0 amide bonds. The lowest BCUT2D eigenvalue weighted by Crippen LogP contribution is -2.00. The van der Waals surface area contributed by atoms with Gasteiger partial charge in [-0.1, -0.05) is 0 Å². The summed E-state index contributed by atoms with van der Waals surface area (Å²) in [7, 11) is 0. The smallest absolute Gasteiger partial charge is 0.339 e. The Bertz CT molecular complexity index is 513. The molecular formula is C10H7FO3. The van der Waals surface area contributed by atoms with Crippen LogP contribution in [0.5, 0.6) is 0 Å². The number of halogens is 1. The van der Waals surface area contributed by atoms with Crippen LogP contribution in [0.2, 0.25) is 0 Å². The first-order valence-electron chi connectivity index (χ1n) is 4.01. The second-order valence-electron chi connectivity index (χ2n) is 3.00. The summed E-state index contributed by atoms with van der Waals surface area (Å²) < 4.78 is 18.3. The minimum Gasteiger partial charge on any atom is -0.478 e. The molecule has 1 heterocycles. The molecular weight excluding hydrogens is 187 g/mol. The Morgan fingerprint density at radius 3 is 2.86 bits per heavy atom. The van der Waals surface area contributed by atoms with Crippen LogP contribution in [0.4, 0.5) is 4.39 Å². The average molecular weight is 194 g/mol. The Morgan fingerprint density at radius 1 is 1.50 bits per heavy atom. The Hall–Kier alpha value is -1.84. The van der Waals surface area contributed by atoms with Crippen molar-refractivity contribution in [3.8, 4) is 0 Å². The molecule has 1 N–H and O–H groups in total. The van der Waals surface area contributed by atoms with E-state index in [0.717, 1.165) is 6.07 Å². The summed E-state index contributed by atoms with van der Waals surface area (Å²) in [6, 6.07) is 4.03. The molecule has 0 radical (unpaired) electrons. The quantitative estimate of drug-likeness (QED) is 0.758. The van der Waals surface area contributed by atoms with Crippen molar-refractivity contribution in [2.75, 3.05) is 0 Å². The van der Waals surface area contributed by atoms with Crippen molar-refractivity contribution in [3.05, 3.63) is 35.3 Å². The van der Waals surface area contributed by atoms with Crippen molar-refractivity contribution in [2.45, 2.75) is 6.92 Å². The average Bonchev–Trinajstić information content (AvgIpc) is 2.43. The van der Waals surface area contributed by atoms with Gasteiger partial charge in [0, 0.05) is 5.39 Å². The SMILES string of the molecule is Cc1cc2c(C(=O)O)c(F)ccc2o1. The van der Waals surface area contributed by atoms with E-state index in [4.69, 9.17) is 9.52 Å². The molecule has 0 aliphatic heterocycles. The molecule has 1 aromatic carbocycles. The van der Waals surface area contributed by atoms with Crippen LogP contribution >= 0.6 is 0 Å². The van der Waals surface area contributed by atoms with Gasteiger partial charge in [-0.3, -0.25) is 0 Å². The summed E-state index contributed by atoms with van der Waals surface area (Å²) in [6.07, 6.45) is 0. The topological polar surface area (TPSA) is 50.4 Å². The minimum absolute atomic E-state index is 0.301. The van der Waals surface area contributed by atoms with Gasteiger partial charge in [0.05, 0.1) is 0 Å². The second-order valence-corrected chi connectivity index (χ2v) is 3.00. The van der Waals surface area contributed by atoms with Gasteiger partial charge in [-0.2, -0.15) is 0 Å². The molecule has 3 nitrogen and oxygen atoms in total.